The largest absolute Gasteiger partial charge is 0.245 e. The number of rotatable bonds is 5. The summed E-state index contributed by atoms with van der Waals surface area (Å²) in [6.07, 6.45) is 4.57. The number of thiazole rings is 1. The van der Waals surface area contributed by atoms with E-state index in [9.17, 15) is 8.42 Å². The van der Waals surface area contributed by atoms with Gasteiger partial charge in [0.25, 0.3) is 0 Å². The second kappa shape index (κ2) is 6.34. The van der Waals surface area contributed by atoms with Crippen molar-refractivity contribution in [3.8, 4) is 0 Å². The van der Waals surface area contributed by atoms with Crippen LogP contribution in [-0.4, -0.2) is 13.4 Å². The molecular weight excluding hydrogens is 328 g/mol. The molecule has 4 nitrogen and oxygen atoms in total. The average molecular weight is 351 g/mol. The summed E-state index contributed by atoms with van der Waals surface area (Å²) in [5.41, 5.74) is 1.54. The van der Waals surface area contributed by atoms with Gasteiger partial charge in [0.15, 0.2) is 0 Å². The molecule has 0 radical (unpaired) electrons. The summed E-state index contributed by atoms with van der Waals surface area (Å²) in [6.45, 7) is 4.00. The molecule has 1 aliphatic carbocycles. The minimum Gasteiger partial charge on any atom is -0.245 e. The first-order valence-corrected chi connectivity index (χ1v) is 10.4. The van der Waals surface area contributed by atoms with Crippen LogP contribution >= 0.6 is 11.3 Å². The number of sulfonamides is 1. The number of aromatic nitrogens is 1. The third-order valence-electron chi connectivity index (χ3n) is 4.46. The predicted octanol–water partition coefficient (Wildman–Crippen LogP) is 3.76. The van der Waals surface area contributed by atoms with Gasteiger partial charge in [-0.25, -0.2) is 13.4 Å². The third-order valence-corrected chi connectivity index (χ3v) is 7.17. The van der Waals surface area contributed by atoms with Crippen LogP contribution in [0, 0.1) is 6.92 Å². The quantitative estimate of drug-likeness (QED) is 0.893. The third kappa shape index (κ3) is 3.34. The molecule has 0 atom stereocenters. The molecule has 0 spiro atoms. The van der Waals surface area contributed by atoms with Crippen molar-refractivity contribution in [3.05, 3.63) is 45.9 Å². The van der Waals surface area contributed by atoms with Crippen LogP contribution in [0.2, 0.25) is 0 Å². The fourth-order valence-electron chi connectivity index (χ4n) is 3.13. The number of nitrogens with one attached hydrogen (secondary N) is 1. The molecule has 1 aliphatic rings. The molecule has 1 fully saturated rings. The van der Waals surface area contributed by atoms with E-state index in [4.69, 9.17) is 0 Å². The maximum absolute atomic E-state index is 12.8. The van der Waals surface area contributed by atoms with E-state index >= 15 is 0 Å². The molecular formula is C17H22N2O2S2. The van der Waals surface area contributed by atoms with Crippen LogP contribution in [0.5, 0.6) is 0 Å². The van der Waals surface area contributed by atoms with Crippen molar-refractivity contribution in [2.45, 2.75) is 56.4 Å². The van der Waals surface area contributed by atoms with Gasteiger partial charge in [0.1, 0.15) is 5.01 Å². The molecule has 3 rings (SSSR count). The van der Waals surface area contributed by atoms with Gasteiger partial charge in [-0.2, -0.15) is 4.72 Å². The summed E-state index contributed by atoms with van der Waals surface area (Å²) in [4.78, 5) is 4.89. The lowest BCUT2D eigenvalue weighted by molar-refractivity contribution is 0.402. The van der Waals surface area contributed by atoms with E-state index in [1.165, 1.54) is 0 Å². The molecule has 0 bridgehead atoms. The average Bonchev–Trinajstić information content (AvgIpc) is 3.17. The van der Waals surface area contributed by atoms with Gasteiger partial charge in [-0.15, -0.1) is 11.3 Å². The molecule has 6 heteroatoms. The highest BCUT2D eigenvalue weighted by molar-refractivity contribution is 7.89. The van der Waals surface area contributed by atoms with Crippen LogP contribution in [0.25, 0.3) is 0 Å². The van der Waals surface area contributed by atoms with Gasteiger partial charge in [0.2, 0.25) is 10.0 Å². The lowest BCUT2D eigenvalue weighted by Gasteiger charge is -2.27. The van der Waals surface area contributed by atoms with Crippen molar-refractivity contribution >= 4 is 21.4 Å². The van der Waals surface area contributed by atoms with Crippen LogP contribution in [-0.2, 0) is 22.0 Å². The summed E-state index contributed by atoms with van der Waals surface area (Å²) in [6, 6.07) is 7.14. The van der Waals surface area contributed by atoms with Crippen molar-refractivity contribution < 1.29 is 8.42 Å². The van der Waals surface area contributed by atoms with Gasteiger partial charge < -0.3 is 0 Å². The fourth-order valence-corrected chi connectivity index (χ4v) is 5.64. The van der Waals surface area contributed by atoms with Gasteiger partial charge in [-0.1, -0.05) is 31.9 Å². The Labute approximate surface area is 142 Å². The van der Waals surface area contributed by atoms with Gasteiger partial charge >= 0.3 is 0 Å². The second-order valence-electron chi connectivity index (χ2n) is 6.19. The SMILES string of the molecule is CCc1ccc(S(=O)(=O)NC2(c3nc(C)cs3)CCCC2)cc1. The van der Waals surface area contributed by atoms with Crippen molar-refractivity contribution in [1.29, 1.82) is 0 Å². The smallest absolute Gasteiger partial charge is 0.241 e. The number of nitrogens with zero attached hydrogens (tertiary/aromatic N) is 1. The Bertz CT molecular complexity index is 773. The van der Waals surface area contributed by atoms with Gasteiger partial charge in [-0.3, -0.25) is 0 Å². The molecule has 0 amide bonds. The minimum atomic E-state index is -3.55. The number of benzene rings is 1. The predicted molar refractivity (Wildman–Crippen MR) is 93.1 cm³/mol. The van der Waals surface area contributed by atoms with Crippen molar-refractivity contribution in [1.82, 2.24) is 9.71 Å². The standard InChI is InChI=1S/C17H22N2O2S2/c1-3-14-6-8-15(9-7-14)23(20,21)19-17(10-4-5-11-17)16-18-13(2)12-22-16/h6-9,12,19H,3-5,10-11H2,1-2H3. The van der Waals surface area contributed by atoms with E-state index in [1.807, 2.05) is 24.4 Å². The number of aryl methyl sites for hydroxylation is 2. The van der Waals surface area contributed by atoms with E-state index in [-0.39, 0.29) is 0 Å². The van der Waals surface area contributed by atoms with E-state index in [2.05, 4.69) is 16.6 Å². The molecule has 0 aliphatic heterocycles. The zero-order valence-electron chi connectivity index (χ0n) is 13.5. The van der Waals surface area contributed by atoms with Crippen LogP contribution in [0.15, 0.2) is 34.5 Å². The van der Waals surface area contributed by atoms with E-state index in [1.54, 1.807) is 23.5 Å². The maximum atomic E-state index is 12.8. The Morgan fingerprint density at radius 1 is 1.22 bits per heavy atom. The van der Waals surface area contributed by atoms with Crippen LogP contribution in [0.3, 0.4) is 0 Å². The first-order valence-electron chi connectivity index (χ1n) is 8.01. The molecule has 23 heavy (non-hydrogen) atoms. The Balaban J connectivity index is 1.93. The lowest BCUT2D eigenvalue weighted by Crippen LogP contribution is -2.43. The minimum absolute atomic E-state index is 0.328. The first kappa shape index (κ1) is 16.6. The fraction of sp³-hybridized carbons (Fsp3) is 0.471. The van der Waals surface area contributed by atoms with E-state index < -0.39 is 15.6 Å². The van der Waals surface area contributed by atoms with Gasteiger partial charge in [0, 0.05) is 11.1 Å². The zero-order valence-corrected chi connectivity index (χ0v) is 15.1. The first-order chi connectivity index (χ1) is 11.0. The van der Waals surface area contributed by atoms with Crippen LogP contribution < -0.4 is 4.72 Å². The molecule has 1 heterocycles. The molecule has 2 aromatic rings. The highest BCUT2D eigenvalue weighted by Gasteiger charge is 2.41. The number of hydrogen-bond donors (Lipinski definition) is 1. The Morgan fingerprint density at radius 2 is 1.87 bits per heavy atom. The second-order valence-corrected chi connectivity index (χ2v) is 8.73. The van der Waals surface area contributed by atoms with Crippen molar-refractivity contribution in [3.63, 3.8) is 0 Å². The summed E-state index contributed by atoms with van der Waals surface area (Å²) >= 11 is 1.55. The van der Waals surface area contributed by atoms with E-state index in [0.717, 1.165) is 48.4 Å². The molecule has 1 N–H and O–H groups in total. The Morgan fingerprint density at radius 3 is 2.39 bits per heavy atom. The van der Waals surface area contributed by atoms with Crippen LogP contribution in [0.4, 0.5) is 0 Å². The zero-order chi connectivity index (χ0) is 16.5. The normalized spacial score (nSPS) is 17.5. The van der Waals surface area contributed by atoms with Crippen molar-refractivity contribution in [2.75, 3.05) is 0 Å². The van der Waals surface area contributed by atoms with Gasteiger partial charge in [-0.05, 0) is 43.9 Å². The summed E-state index contributed by atoms with van der Waals surface area (Å²) in [7, 11) is -3.55. The summed E-state index contributed by atoms with van der Waals surface area (Å²) in [5, 5.41) is 2.88. The van der Waals surface area contributed by atoms with Gasteiger partial charge in [0.05, 0.1) is 10.4 Å². The Hall–Kier alpha value is -1.24. The molecule has 1 aromatic heterocycles. The summed E-state index contributed by atoms with van der Waals surface area (Å²) in [5.74, 6) is 0. The van der Waals surface area contributed by atoms with E-state index in [0.29, 0.717) is 4.90 Å². The molecule has 124 valence electrons. The summed E-state index contributed by atoms with van der Waals surface area (Å²) < 4.78 is 28.6. The lowest BCUT2D eigenvalue weighted by atomic mass is 10.0. The topological polar surface area (TPSA) is 59.1 Å². The van der Waals surface area contributed by atoms with Crippen LogP contribution in [0.1, 0.15) is 48.9 Å². The van der Waals surface area contributed by atoms with Crippen molar-refractivity contribution in [2.24, 2.45) is 0 Å². The monoisotopic (exact) mass is 350 g/mol. The highest BCUT2D eigenvalue weighted by Crippen LogP contribution is 2.41. The molecule has 1 aromatic carbocycles. The number of hydrogen-bond acceptors (Lipinski definition) is 4. The molecule has 1 saturated carbocycles. The Kier molecular flexibility index (Phi) is 4.58. The molecule has 0 saturated heterocycles. The highest BCUT2D eigenvalue weighted by atomic mass is 32.2. The maximum Gasteiger partial charge on any atom is 0.241 e. The molecule has 0 unspecified atom stereocenters.